The minimum absolute atomic E-state index is 0.0967. The Labute approximate surface area is 76.6 Å². The molecule has 0 saturated heterocycles. The molecule has 0 spiro atoms. The standard InChI is InChI=1S/C10H13F2N/c1-6(7(2)13)9-4-3-8(11)5-10(9)12/h3-7H,13H2,1-2H3. The molecule has 2 N–H and O–H groups in total. The first-order valence-corrected chi connectivity index (χ1v) is 4.23. The van der Waals surface area contributed by atoms with Crippen molar-refractivity contribution in [1.29, 1.82) is 0 Å². The van der Waals surface area contributed by atoms with Crippen molar-refractivity contribution in [2.45, 2.75) is 25.8 Å². The Morgan fingerprint density at radius 2 is 1.85 bits per heavy atom. The van der Waals surface area contributed by atoms with Gasteiger partial charge in [-0.05, 0) is 24.5 Å². The minimum Gasteiger partial charge on any atom is -0.327 e. The van der Waals surface area contributed by atoms with E-state index in [1.54, 1.807) is 6.92 Å². The molecule has 1 nitrogen and oxygen atoms in total. The first-order valence-electron chi connectivity index (χ1n) is 4.23. The molecule has 0 heterocycles. The summed E-state index contributed by atoms with van der Waals surface area (Å²) in [5.41, 5.74) is 6.08. The monoisotopic (exact) mass is 185 g/mol. The summed E-state index contributed by atoms with van der Waals surface area (Å²) in [6, 6.07) is 3.43. The Morgan fingerprint density at radius 3 is 2.31 bits per heavy atom. The van der Waals surface area contributed by atoms with Gasteiger partial charge in [0.25, 0.3) is 0 Å². The zero-order chi connectivity index (χ0) is 10.0. The average molecular weight is 185 g/mol. The van der Waals surface area contributed by atoms with Crippen molar-refractivity contribution in [2.75, 3.05) is 0 Å². The number of hydrogen-bond acceptors (Lipinski definition) is 1. The van der Waals surface area contributed by atoms with Crippen LogP contribution in [0.3, 0.4) is 0 Å². The van der Waals surface area contributed by atoms with E-state index in [4.69, 9.17) is 5.73 Å². The van der Waals surface area contributed by atoms with Crippen LogP contribution in [0, 0.1) is 11.6 Å². The largest absolute Gasteiger partial charge is 0.327 e. The molecular formula is C10H13F2N. The van der Waals surface area contributed by atoms with Gasteiger partial charge in [-0.25, -0.2) is 8.78 Å². The summed E-state index contributed by atoms with van der Waals surface area (Å²) in [4.78, 5) is 0. The van der Waals surface area contributed by atoms with E-state index in [9.17, 15) is 8.78 Å². The van der Waals surface area contributed by atoms with Crippen molar-refractivity contribution in [3.05, 3.63) is 35.4 Å². The van der Waals surface area contributed by atoms with Crippen LogP contribution in [0.4, 0.5) is 8.78 Å². The smallest absolute Gasteiger partial charge is 0.129 e. The molecular weight excluding hydrogens is 172 g/mol. The summed E-state index contributed by atoms with van der Waals surface area (Å²) in [6.07, 6.45) is 0. The van der Waals surface area contributed by atoms with Crippen LogP contribution in [0.15, 0.2) is 18.2 Å². The molecule has 1 aromatic carbocycles. The highest BCUT2D eigenvalue weighted by molar-refractivity contribution is 5.23. The van der Waals surface area contributed by atoms with Crippen molar-refractivity contribution >= 4 is 0 Å². The number of nitrogens with two attached hydrogens (primary N) is 1. The van der Waals surface area contributed by atoms with Gasteiger partial charge in [-0.2, -0.15) is 0 Å². The van der Waals surface area contributed by atoms with E-state index < -0.39 is 11.6 Å². The van der Waals surface area contributed by atoms with Crippen LogP contribution in [0.1, 0.15) is 25.3 Å². The van der Waals surface area contributed by atoms with Gasteiger partial charge in [0.1, 0.15) is 11.6 Å². The lowest BCUT2D eigenvalue weighted by Gasteiger charge is -2.16. The Hall–Kier alpha value is -0.960. The summed E-state index contributed by atoms with van der Waals surface area (Å²) in [5, 5.41) is 0. The van der Waals surface area contributed by atoms with Crippen molar-refractivity contribution < 1.29 is 8.78 Å². The fourth-order valence-corrected chi connectivity index (χ4v) is 1.15. The molecule has 2 unspecified atom stereocenters. The number of benzene rings is 1. The van der Waals surface area contributed by atoms with Crippen molar-refractivity contribution in [3.8, 4) is 0 Å². The molecule has 1 aromatic rings. The number of rotatable bonds is 2. The highest BCUT2D eigenvalue weighted by Crippen LogP contribution is 2.21. The summed E-state index contributed by atoms with van der Waals surface area (Å²) in [5.74, 6) is -1.18. The zero-order valence-corrected chi connectivity index (χ0v) is 7.72. The van der Waals surface area contributed by atoms with Crippen LogP contribution in [-0.4, -0.2) is 6.04 Å². The summed E-state index contributed by atoms with van der Waals surface area (Å²) < 4.78 is 25.7. The van der Waals surface area contributed by atoms with Crippen molar-refractivity contribution in [2.24, 2.45) is 5.73 Å². The maximum absolute atomic E-state index is 13.2. The van der Waals surface area contributed by atoms with Gasteiger partial charge in [-0.3, -0.25) is 0 Å². The second-order valence-corrected chi connectivity index (χ2v) is 3.31. The zero-order valence-electron chi connectivity index (χ0n) is 7.72. The number of halogens is 2. The van der Waals surface area contributed by atoms with Crippen LogP contribution >= 0.6 is 0 Å². The van der Waals surface area contributed by atoms with Gasteiger partial charge in [0.2, 0.25) is 0 Å². The Balaban J connectivity index is 3.01. The van der Waals surface area contributed by atoms with Gasteiger partial charge >= 0.3 is 0 Å². The molecule has 2 atom stereocenters. The molecule has 0 aliphatic carbocycles. The Bertz CT molecular complexity index is 297. The van der Waals surface area contributed by atoms with Gasteiger partial charge in [0.05, 0.1) is 0 Å². The number of hydrogen-bond donors (Lipinski definition) is 1. The first-order chi connectivity index (χ1) is 6.02. The van der Waals surface area contributed by atoms with E-state index in [0.29, 0.717) is 5.56 Å². The van der Waals surface area contributed by atoms with Gasteiger partial charge in [-0.1, -0.05) is 13.0 Å². The normalized spacial score (nSPS) is 15.5. The lowest BCUT2D eigenvalue weighted by atomic mass is 9.94. The Kier molecular flexibility index (Phi) is 2.98. The molecule has 3 heteroatoms. The molecule has 0 aliphatic rings. The van der Waals surface area contributed by atoms with E-state index in [1.165, 1.54) is 12.1 Å². The molecule has 0 bridgehead atoms. The molecule has 0 amide bonds. The van der Waals surface area contributed by atoms with Gasteiger partial charge in [0, 0.05) is 12.1 Å². The third-order valence-corrected chi connectivity index (χ3v) is 2.24. The summed E-state index contributed by atoms with van der Waals surface area (Å²) in [7, 11) is 0. The second kappa shape index (κ2) is 3.83. The predicted molar refractivity (Wildman–Crippen MR) is 48.4 cm³/mol. The third-order valence-electron chi connectivity index (χ3n) is 2.24. The second-order valence-electron chi connectivity index (χ2n) is 3.31. The summed E-state index contributed by atoms with van der Waals surface area (Å²) >= 11 is 0. The fraction of sp³-hybridized carbons (Fsp3) is 0.400. The maximum atomic E-state index is 13.2. The minimum atomic E-state index is -0.557. The van der Waals surface area contributed by atoms with Crippen LogP contribution in [0.2, 0.25) is 0 Å². The van der Waals surface area contributed by atoms with Gasteiger partial charge in [0.15, 0.2) is 0 Å². The van der Waals surface area contributed by atoms with E-state index in [-0.39, 0.29) is 12.0 Å². The van der Waals surface area contributed by atoms with Crippen molar-refractivity contribution in [3.63, 3.8) is 0 Å². The quantitative estimate of drug-likeness (QED) is 0.752. The topological polar surface area (TPSA) is 26.0 Å². The van der Waals surface area contributed by atoms with Crippen molar-refractivity contribution in [1.82, 2.24) is 0 Å². The summed E-state index contributed by atoms with van der Waals surface area (Å²) in [6.45, 7) is 3.62. The maximum Gasteiger partial charge on any atom is 0.129 e. The Morgan fingerprint density at radius 1 is 1.23 bits per heavy atom. The van der Waals surface area contributed by atoms with Crippen LogP contribution in [0.5, 0.6) is 0 Å². The predicted octanol–water partition coefficient (Wildman–Crippen LogP) is 2.42. The highest BCUT2D eigenvalue weighted by atomic mass is 19.1. The average Bonchev–Trinajstić information content (AvgIpc) is 2.03. The van der Waals surface area contributed by atoms with E-state index in [0.717, 1.165) is 6.07 Å². The molecule has 0 aliphatic heterocycles. The van der Waals surface area contributed by atoms with Gasteiger partial charge < -0.3 is 5.73 Å². The van der Waals surface area contributed by atoms with E-state index >= 15 is 0 Å². The molecule has 13 heavy (non-hydrogen) atoms. The molecule has 1 rings (SSSR count). The fourth-order valence-electron chi connectivity index (χ4n) is 1.15. The molecule has 0 aromatic heterocycles. The van der Waals surface area contributed by atoms with Crippen LogP contribution in [0.25, 0.3) is 0 Å². The van der Waals surface area contributed by atoms with E-state index in [1.807, 2.05) is 6.92 Å². The molecule has 0 saturated carbocycles. The molecule has 72 valence electrons. The highest BCUT2D eigenvalue weighted by Gasteiger charge is 2.14. The third kappa shape index (κ3) is 2.25. The van der Waals surface area contributed by atoms with Crippen LogP contribution < -0.4 is 5.73 Å². The lowest BCUT2D eigenvalue weighted by molar-refractivity contribution is 0.534. The van der Waals surface area contributed by atoms with Crippen LogP contribution in [-0.2, 0) is 0 Å². The van der Waals surface area contributed by atoms with Gasteiger partial charge in [-0.15, -0.1) is 0 Å². The lowest BCUT2D eigenvalue weighted by Crippen LogP contribution is -2.23. The first kappa shape index (κ1) is 10.1. The van der Waals surface area contributed by atoms with E-state index in [2.05, 4.69) is 0 Å². The SMILES string of the molecule is CC(N)C(C)c1ccc(F)cc1F. The molecule has 0 radical (unpaired) electrons. The molecule has 0 fully saturated rings.